The number of esters is 2. The topological polar surface area (TPSA) is 111 Å². The molecule has 0 aliphatic rings. The molecule has 0 radical (unpaired) electrons. The smallest absolute Gasteiger partial charge is 0.306 e. The number of carbonyl (C=O) groups is 3. The van der Waals surface area contributed by atoms with E-state index >= 15 is 0 Å². The quantitative estimate of drug-likeness (QED) is 0.0195. The highest BCUT2D eigenvalue weighted by Crippen LogP contribution is 2.16. The van der Waals surface area contributed by atoms with Gasteiger partial charge in [0.25, 0.3) is 0 Å². The van der Waals surface area contributed by atoms with Crippen molar-refractivity contribution < 1.29 is 42.9 Å². The van der Waals surface area contributed by atoms with Gasteiger partial charge in [-0.15, -0.1) is 0 Å². The van der Waals surface area contributed by atoms with Crippen LogP contribution in [0.1, 0.15) is 239 Å². The first-order chi connectivity index (χ1) is 40.1. The third kappa shape index (κ3) is 62.8. The minimum atomic E-state index is -1.64. The zero-order valence-corrected chi connectivity index (χ0v) is 52.8. The lowest BCUT2D eigenvalue weighted by Gasteiger charge is -2.26. The van der Waals surface area contributed by atoms with E-state index in [1.54, 1.807) is 0 Å². The summed E-state index contributed by atoms with van der Waals surface area (Å²) in [4.78, 5) is 37.3. The summed E-state index contributed by atoms with van der Waals surface area (Å²) in [5.74, 6) is -2.35. The fourth-order valence-corrected chi connectivity index (χ4v) is 8.40. The van der Waals surface area contributed by atoms with Crippen molar-refractivity contribution in [1.29, 1.82) is 0 Å². The number of carbonyl (C=O) groups excluding carboxylic acids is 3. The number of nitrogens with zero attached hydrogens (tertiary/aromatic N) is 1. The Balaban J connectivity index is 4.29. The highest BCUT2D eigenvalue weighted by Gasteiger charge is 2.22. The maximum Gasteiger partial charge on any atom is 0.306 e. The van der Waals surface area contributed by atoms with Crippen LogP contribution in [-0.2, 0) is 33.3 Å². The normalized spacial score (nSPS) is 13.7. The number of carboxylic acid groups (broad SMARTS) is 1. The Morgan fingerprint density at radius 1 is 0.378 bits per heavy atom. The van der Waals surface area contributed by atoms with Gasteiger partial charge in [0.2, 0.25) is 0 Å². The van der Waals surface area contributed by atoms with E-state index in [0.29, 0.717) is 17.4 Å². The number of ether oxygens (including phenoxy) is 4. The Hall–Kier alpha value is -4.83. The predicted octanol–water partition coefficient (Wildman–Crippen LogP) is 18.6. The Labute approximate surface area is 502 Å². The number of allylic oxidation sites excluding steroid dienone is 24. The second-order valence-electron chi connectivity index (χ2n) is 22.3. The molecule has 0 rings (SSSR count). The number of carboxylic acids is 1. The number of hydrogen-bond acceptors (Lipinski definition) is 8. The highest BCUT2D eigenvalue weighted by atomic mass is 16.7. The van der Waals surface area contributed by atoms with Crippen LogP contribution in [0.25, 0.3) is 0 Å². The van der Waals surface area contributed by atoms with E-state index in [1.807, 2.05) is 21.1 Å². The Morgan fingerprint density at radius 3 is 1.04 bits per heavy atom. The fraction of sp³-hybridized carbons (Fsp3) is 0.630. The van der Waals surface area contributed by atoms with E-state index in [-0.39, 0.29) is 38.6 Å². The number of quaternary nitrogens is 1. The van der Waals surface area contributed by atoms with Crippen LogP contribution in [0.5, 0.6) is 0 Å². The Morgan fingerprint density at radius 2 is 0.695 bits per heavy atom. The second kappa shape index (κ2) is 62.2. The van der Waals surface area contributed by atoms with Gasteiger partial charge in [0.15, 0.2) is 12.4 Å². The molecule has 9 heteroatoms. The lowest BCUT2D eigenvalue weighted by molar-refractivity contribution is -0.870. The lowest BCUT2D eigenvalue weighted by atomic mass is 10.0. The van der Waals surface area contributed by atoms with E-state index < -0.39 is 24.3 Å². The largest absolute Gasteiger partial charge is 0.545 e. The first-order valence-corrected chi connectivity index (χ1v) is 32.5. The van der Waals surface area contributed by atoms with Crippen LogP contribution in [0, 0.1) is 0 Å². The molecule has 2 atom stereocenters. The summed E-state index contributed by atoms with van der Waals surface area (Å²) in [5, 5.41) is 11.8. The molecule has 0 amide bonds. The van der Waals surface area contributed by atoms with Crippen molar-refractivity contribution in [2.24, 2.45) is 0 Å². The molecular formula is C73H119NO8. The molecule has 0 bridgehead atoms. The van der Waals surface area contributed by atoms with Crippen LogP contribution in [0.2, 0.25) is 0 Å². The standard InChI is InChI=1S/C73H119NO8/c1-6-8-10-12-14-16-18-20-22-24-26-27-28-29-30-31-32-33-34-35-36-37-38-39-40-41-42-43-44-45-46-48-50-52-54-56-58-60-62-64-71(76)82-69(68-81-73(72(77)78)79-66-65-74(3,4)5)67-80-70(75)63-61-59-57-55-53-51-49-47-25-23-21-19-17-15-13-11-9-7-2/h8,10,14,16,20,22,26-27,29-30,32-33,35-36,38-39,41-42,44-45,48,50,54,56,69,73H,6-7,9,11-13,15,17-19,21,23-25,28,31,34,37,40,43,46-47,49,51-53,55,57-68H2,1-5H3/b10-8-,16-14-,22-20-,27-26-,30-29-,33-32-,36-35-,39-38-,42-41-,45-44-,50-48-,56-54-. The van der Waals surface area contributed by atoms with Crippen molar-refractivity contribution in [3.05, 3.63) is 146 Å². The SMILES string of the molecule is CC/C=C\C/C=C\C/C=C\C/C=C\C/C=C\C/C=C\C/C=C\C/C=C\C/C=C\C/C=C\C/C=C\C/C=C\CCCCC(=O)OC(COC(=O)CCCCCCCCCCCCCCCCCCCC)COC(OCC[N+](C)(C)C)C(=O)[O-]. The first-order valence-electron chi connectivity index (χ1n) is 32.5. The summed E-state index contributed by atoms with van der Waals surface area (Å²) >= 11 is 0. The maximum atomic E-state index is 12.9. The molecule has 0 aromatic heterocycles. The van der Waals surface area contributed by atoms with Crippen LogP contribution < -0.4 is 5.11 Å². The van der Waals surface area contributed by atoms with Gasteiger partial charge in [0, 0.05) is 12.8 Å². The third-order valence-corrected chi connectivity index (χ3v) is 13.4. The summed E-state index contributed by atoms with van der Waals surface area (Å²) in [6.07, 6.45) is 87.7. The highest BCUT2D eigenvalue weighted by molar-refractivity contribution is 5.70. The molecular weight excluding hydrogens is 1020 g/mol. The number of likely N-dealkylation sites (N-methyl/N-ethyl adjacent to an activating group) is 1. The molecule has 0 aliphatic carbocycles. The molecule has 82 heavy (non-hydrogen) atoms. The van der Waals surface area contributed by atoms with Crippen LogP contribution in [0.3, 0.4) is 0 Å². The van der Waals surface area contributed by atoms with E-state index in [0.717, 1.165) is 109 Å². The summed E-state index contributed by atoms with van der Waals surface area (Å²) in [6, 6.07) is 0. The van der Waals surface area contributed by atoms with Crippen LogP contribution in [-0.4, -0.2) is 82.3 Å². The number of unbranched alkanes of at least 4 members (excludes halogenated alkanes) is 19. The third-order valence-electron chi connectivity index (χ3n) is 13.4. The molecule has 0 heterocycles. The number of hydrogen-bond donors (Lipinski definition) is 0. The average Bonchev–Trinajstić information content (AvgIpc) is 3.45. The molecule has 0 aromatic carbocycles. The van der Waals surface area contributed by atoms with E-state index in [4.69, 9.17) is 18.9 Å². The Bertz CT molecular complexity index is 1850. The molecule has 464 valence electrons. The van der Waals surface area contributed by atoms with Gasteiger partial charge < -0.3 is 33.3 Å². The molecule has 0 saturated heterocycles. The molecule has 9 nitrogen and oxygen atoms in total. The summed E-state index contributed by atoms with van der Waals surface area (Å²) < 4.78 is 22.7. The molecule has 2 unspecified atom stereocenters. The van der Waals surface area contributed by atoms with Gasteiger partial charge in [0.05, 0.1) is 40.3 Å². The monoisotopic (exact) mass is 1140 g/mol. The van der Waals surface area contributed by atoms with Crippen LogP contribution in [0.4, 0.5) is 0 Å². The first kappa shape index (κ1) is 77.2. The minimum Gasteiger partial charge on any atom is -0.545 e. The Kier molecular flexibility index (Phi) is 58.6. The molecule has 0 N–H and O–H groups in total. The fourth-order valence-electron chi connectivity index (χ4n) is 8.40. The number of rotatable bonds is 58. The van der Waals surface area contributed by atoms with Crippen LogP contribution >= 0.6 is 0 Å². The van der Waals surface area contributed by atoms with Gasteiger partial charge in [-0.25, -0.2) is 0 Å². The van der Waals surface area contributed by atoms with Crippen molar-refractivity contribution in [3.8, 4) is 0 Å². The summed E-state index contributed by atoms with van der Waals surface area (Å²) in [6.45, 7) is 4.58. The predicted molar refractivity (Wildman–Crippen MR) is 347 cm³/mol. The minimum absolute atomic E-state index is 0.133. The van der Waals surface area contributed by atoms with Gasteiger partial charge >= 0.3 is 11.9 Å². The van der Waals surface area contributed by atoms with E-state index in [1.165, 1.54) is 96.3 Å². The summed E-state index contributed by atoms with van der Waals surface area (Å²) in [5.41, 5.74) is 0. The van der Waals surface area contributed by atoms with Crippen molar-refractivity contribution >= 4 is 17.9 Å². The molecule has 0 spiro atoms. The van der Waals surface area contributed by atoms with Gasteiger partial charge in [-0.3, -0.25) is 9.59 Å². The van der Waals surface area contributed by atoms with E-state index in [9.17, 15) is 19.5 Å². The van der Waals surface area contributed by atoms with Gasteiger partial charge in [-0.05, 0) is 103 Å². The second-order valence-corrected chi connectivity index (χ2v) is 22.3. The molecule has 0 aliphatic heterocycles. The maximum absolute atomic E-state index is 12.9. The van der Waals surface area contributed by atoms with Gasteiger partial charge in [-0.2, -0.15) is 0 Å². The average molecular weight is 1140 g/mol. The van der Waals surface area contributed by atoms with Crippen molar-refractivity contribution in [1.82, 2.24) is 0 Å². The van der Waals surface area contributed by atoms with Gasteiger partial charge in [0.1, 0.15) is 13.2 Å². The van der Waals surface area contributed by atoms with Crippen molar-refractivity contribution in [3.63, 3.8) is 0 Å². The summed E-state index contributed by atoms with van der Waals surface area (Å²) in [7, 11) is 5.90. The lowest BCUT2D eigenvalue weighted by Crippen LogP contribution is -2.44. The zero-order valence-electron chi connectivity index (χ0n) is 52.8. The number of aliphatic carboxylic acids is 1. The van der Waals surface area contributed by atoms with E-state index in [2.05, 4.69) is 160 Å². The van der Waals surface area contributed by atoms with Crippen molar-refractivity contribution in [2.75, 3.05) is 47.5 Å². The van der Waals surface area contributed by atoms with Crippen molar-refractivity contribution in [2.45, 2.75) is 251 Å². The zero-order chi connectivity index (χ0) is 59.8. The molecule has 0 saturated carbocycles. The van der Waals surface area contributed by atoms with Crippen LogP contribution in [0.15, 0.2) is 146 Å². The molecule has 0 fully saturated rings. The molecule has 0 aromatic rings. The van der Waals surface area contributed by atoms with Gasteiger partial charge in [-0.1, -0.05) is 269 Å².